The van der Waals surface area contributed by atoms with Crippen molar-refractivity contribution in [3.63, 3.8) is 0 Å². The molecule has 0 bridgehead atoms. The van der Waals surface area contributed by atoms with Crippen molar-refractivity contribution in [2.45, 2.75) is 19.3 Å². The number of hydrogen-bond donors (Lipinski definition) is 1. The molecule has 1 saturated heterocycles. The van der Waals surface area contributed by atoms with Crippen LogP contribution in [0.5, 0.6) is 11.5 Å². The van der Waals surface area contributed by atoms with Gasteiger partial charge in [0.1, 0.15) is 12.1 Å². The van der Waals surface area contributed by atoms with Crippen LogP contribution in [0.25, 0.3) is 0 Å². The van der Waals surface area contributed by atoms with Gasteiger partial charge in [-0.25, -0.2) is 9.97 Å². The van der Waals surface area contributed by atoms with E-state index in [4.69, 9.17) is 32.7 Å². The van der Waals surface area contributed by atoms with E-state index in [1.165, 1.54) is 0 Å². The summed E-state index contributed by atoms with van der Waals surface area (Å²) in [6, 6.07) is 12.5. The van der Waals surface area contributed by atoms with E-state index in [2.05, 4.69) is 20.2 Å². The van der Waals surface area contributed by atoms with E-state index in [9.17, 15) is 4.79 Å². The number of methoxy groups -OCH3 is 1. The quantitative estimate of drug-likeness (QED) is 0.430. The summed E-state index contributed by atoms with van der Waals surface area (Å²) in [4.78, 5) is 23.4. The number of carbonyl (C=O) groups excluding carboxylic acids is 1. The van der Waals surface area contributed by atoms with Crippen LogP contribution >= 0.6 is 23.2 Å². The highest BCUT2D eigenvalue weighted by Gasteiger charge is 2.21. The molecule has 1 fully saturated rings. The standard InChI is InChI=1S/C26H28Cl2N4O3/c1-34-23-5-3-20(14-24(23)35-13-9-19-2-4-21(27)15-22(19)28)26(33)30-16-18-7-11-32(12-8-18)25-6-10-29-17-31-25/h2-6,10,14-15,17-18H,7-9,11-13,16H2,1H3,(H,30,33). The summed E-state index contributed by atoms with van der Waals surface area (Å²) in [6.45, 7) is 2.84. The zero-order valence-corrected chi connectivity index (χ0v) is 21.1. The third-order valence-electron chi connectivity index (χ3n) is 6.13. The molecule has 2 heterocycles. The van der Waals surface area contributed by atoms with Crippen molar-refractivity contribution in [1.82, 2.24) is 15.3 Å². The normalized spacial score (nSPS) is 14.0. The van der Waals surface area contributed by atoms with Gasteiger partial charge in [0, 0.05) is 47.9 Å². The molecule has 0 radical (unpaired) electrons. The molecule has 1 amide bonds. The SMILES string of the molecule is COc1ccc(C(=O)NCC2CCN(c3ccncn3)CC2)cc1OCCc1ccc(Cl)cc1Cl. The minimum absolute atomic E-state index is 0.128. The summed E-state index contributed by atoms with van der Waals surface area (Å²) in [6.07, 6.45) is 5.92. The lowest BCUT2D eigenvalue weighted by atomic mass is 9.96. The molecule has 0 atom stereocenters. The van der Waals surface area contributed by atoms with Crippen LogP contribution in [-0.4, -0.2) is 49.2 Å². The predicted molar refractivity (Wildman–Crippen MR) is 138 cm³/mol. The first kappa shape index (κ1) is 25.1. The first-order valence-corrected chi connectivity index (χ1v) is 12.3. The predicted octanol–water partition coefficient (Wildman–Crippen LogP) is 5.06. The Balaban J connectivity index is 1.29. The lowest BCUT2D eigenvalue weighted by molar-refractivity contribution is 0.0944. The van der Waals surface area contributed by atoms with Gasteiger partial charge in [-0.15, -0.1) is 0 Å². The second-order valence-electron chi connectivity index (χ2n) is 8.41. The maximum Gasteiger partial charge on any atom is 0.251 e. The number of aromatic nitrogens is 2. The van der Waals surface area contributed by atoms with E-state index in [1.807, 2.05) is 12.1 Å². The number of piperidine rings is 1. The van der Waals surface area contributed by atoms with Crippen molar-refractivity contribution in [2.24, 2.45) is 5.92 Å². The van der Waals surface area contributed by atoms with Gasteiger partial charge < -0.3 is 19.7 Å². The zero-order valence-electron chi connectivity index (χ0n) is 19.5. The molecule has 0 unspecified atom stereocenters. The molecular formula is C26H28Cl2N4O3. The van der Waals surface area contributed by atoms with Crippen LogP contribution in [0, 0.1) is 5.92 Å². The minimum atomic E-state index is -0.128. The number of carbonyl (C=O) groups is 1. The van der Waals surface area contributed by atoms with Crippen LogP contribution < -0.4 is 19.7 Å². The van der Waals surface area contributed by atoms with Gasteiger partial charge in [0.15, 0.2) is 11.5 Å². The Kier molecular flexibility index (Phi) is 8.66. The number of nitrogens with zero attached hydrogens (tertiary/aromatic N) is 3. The molecule has 4 rings (SSSR count). The molecule has 7 nitrogen and oxygen atoms in total. The van der Waals surface area contributed by atoms with Gasteiger partial charge in [-0.3, -0.25) is 4.79 Å². The molecule has 0 spiro atoms. The van der Waals surface area contributed by atoms with Gasteiger partial charge in [-0.1, -0.05) is 29.3 Å². The number of ether oxygens (including phenoxy) is 2. The number of amides is 1. The molecule has 1 aliphatic rings. The van der Waals surface area contributed by atoms with Crippen LogP contribution in [0.15, 0.2) is 55.0 Å². The van der Waals surface area contributed by atoms with Crippen molar-refractivity contribution < 1.29 is 14.3 Å². The second-order valence-corrected chi connectivity index (χ2v) is 9.25. The van der Waals surface area contributed by atoms with Crippen molar-refractivity contribution in [3.8, 4) is 11.5 Å². The average molecular weight is 515 g/mol. The van der Waals surface area contributed by atoms with Crippen molar-refractivity contribution >= 4 is 34.9 Å². The Labute approximate surface area is 215 Å². The summed E-state index contributed by atoms with van der Waals surface area (Å²) in [5, 5.41) is 4.27. The number of hydrogen-bond acceptors (Lipinski definition) is 6. The van der Waals surface area contributed by atoms with Crippen LogP contribution in [0.4, 0.5) is 5.82 Å². The van der Waals surface area contributed by atoms with Gasteiger partial charge >= 0.3 is 0 Å². The number of benzene rings is 2. The Morgan fingerprint density at radius 2 is 1.94 bits per heavy atom. The number of halogens is 2. The second kappa shape index (κ2) is 12.1. The summed E-state index contributed by atoms with van der Waals surface area (Å²) in [5.41, 5.74) is 1.47. The number of anilines is 1. The monoisotopic (exact) mass is 514 g/mol. The van der Waals surface area contributed by atoms with Crippen molar-refractivity contribution in [2.75, 3.05) is 38.3 Å². The molecular weight excluding hydrogens is 487 g/mol. The molecule has 184 valence electrons. The Morgan fingerprint density at radius 1 is 1.11 bits per heavy atom. The fourth-order valence-corrected chi connectivity index (χ4v) is 4.61. The highest BCUT2D eigenvalue weighted by Crippen LogP contribution is 2.29. The molecule has 1 aliphatic heterocycles. The van der Waals surface area contributed by atoms with E-state index in [1.54, 1.807) is 50.0 Å². The van der Waals surface area contributed by atoms with Gasteiger partial charge in [0.05, 0.1) is 13.7 Å². The van der Waals surface area contributed by atoms with E-state index >= 15 is 0 Å². The Morgan fingerprint density at radius 3 is 2.66 bits per heavy atom. The maximum absolute atomic E-state index is 12.8. The first-order valence-electron chi connectivity index (χ1n) is 11.6. The number of nitrogens with one attached hydrogen (secondary N) is 1. The fourth-order valence-electron chi connectivity index (χ4n) is 4.10. The Bertz CT molecular complexity index is 1140. The highest BCUT2D eigenvalue weighted by molar-refractivity contribution is 6.35. The molecule has 35 heavy (non-hydrogen) atoms. The van der Waals surface area contributed by atoms with Crippen LogP contribution in [0.2, 0.25) is 10.0 Å². The smallest absolute Gasteiger partial charge is 0.251 e. The third-order valence-corrected chi connectivity index (χ3v) is 6.71. The summed E-state index contributed by atoms with van der Waals surface area (Å²) >= 11 is 12.2. The van der Waals surface area contributed by atoms with Gasteiger partial charge in [0.2, 0.25) is 0 Å². The van der Waals surface area contributed by atoms with E-state index in [0.717, 1.165) is 37.3 Å². The summed E-state index contributed by atoms with van der Waals surface area (Å²) < 4.78 is 11.4. The van der Waals surface area contributed by atoms with Crippen molar-refractivity contribution in [3.05, 3.63) is 76.2 Å². The Hall–Kier alpha value is -3.03. The van der Waals surface area contributed by atoms with E-state index in [-0.39, 0.29) is 5.91 Å². The summed E-state index contributed by atoms with van der Waals surface area (Å²) in [7, 11) is 1.58. The molecule has 3 aromatic rings. The van der Waals surface area contributed by atoms with Gasteiger partial charge in [0.25, 0.3) is 5.91 Å². The summed E-state index contributed by atoms with van der Waals surface area (Å²) in [5.74, 6) is 2.34. The van der Waals surface area contributed by atoms with E-state index in [0.29, 0.717) is 52.6 Å². The molecule has 0 aliphatic carbocycles. The zero-order chi connectivity index (χ0) is 24.6. The fraction of sp³-hybridized carbons (Fsp3) is 0.346. The topological polar surface area (TPSA) is 76.6 Å². The average Bonchev–Trinajstić information content (AvgIpc) is 2.89. The number of rotatable bonds is 9. The first-order chi connectivity index (χ1) is 17.0. The minimum Gasteiger partial charge on any atom is -0.493 e. The molecule has 2 aromatic carbocycles. The third kappa shape index (κ3) is 6.77. The lowest BCUT2D eigenvalue weighted by Crippen LogP contribution is -2.39. The molecule has 0 saturated carbocycles. The highest BCUT2D eigenvalue weighted by atomic mass is 35.5. The molecule has 1 aromatic heterocycles. The molecule has 1 N–H and O–H groups in total. The largest absolute Gasteiger partial charge is 0.493 e. The lowest BCUT2D eigenvalue weighted by Gasteiger charge is -2.32. The molecule has 9 heteroatoms. The van der Waals surface area contributed by atoms with Gasteiger partial charge in [-0.2, -0.15) is 0 Å². The van der Waals surface area contributed by atoms with Crippen LogP contribution in [0.1, 0.15) is 28.8 Å². The van der Waals surface area contributed by atoms with Crippen LogP contribution in [-0.2, 0) is 6.42 Å². The van der Waals surface area contributed by atoms with E-state index < -0.39 is 0 Å². The van der Waals surface area contributed by atoms with Gasteiger partial charge in [-0.05, 0) is 60.7 Å². The van der Waals surface area contributed by atoms with Crippen LogP contribution in [0.3, 0.4) is 0 Å². The maximum atomic E-state index is 12.8. The van der Waals surface area contributed by atoms with Crippen molar-refractivity contribution in [1.29, 1.82) is 0 Å².